The van der Waals surface area contributed by atoms with Crippen LogP contribution in [0.2, 0.25) is 0 Å². The molecule has 0 spiro atoms. The standard InChI is InChI=1S/C9H14N4O3S/c10-2-4-12-9(16)11-3-1-7-13-6(5-17-7)8(14)15/h5H,1-4,10H2,(H,14,15)(H2,11,12,16). The molecule has 0 radical (unpaired) electrons. The van der Waals surface area contributed by atoms with Crippen LogP contribution in [0.3, 0.4) is 0 Å². The van der Waals surface area contributed by atoms with Crippen LogP contribution in [-0.2, 0) is 6.42 Å². The fourth-order valence-electron chi connectivity index (χ4n) is 1.06. The van der Waals surface area contributed by atoms with Gasteiger partial charge in [-0.3, -0.25) is 0 Å². The molecule has 2 amide bonds. The number of urea groups is 1. The van der Waals surface area contributed by atoms with Crippen molar-refractivity contribution < 1.29 is 14.7 Å². The molecule has 0 saturated heterocycles. The molecule has 1 aromatic rings. The van der Waals surface area contributed by atoms with Gasteiger partial charge in [0.2, 0.25) is 0 Å². The molecule has 0 fully saturated rings. The van der Waals surface area contributed by atoms with Gasteiger partial charge in [0.1, 0.15) is 0 Å². The van der Waals surface area contributed by atoms with Gasteiger partial charge in [0.25, 0.3) is 0 Å². The SMILES string of the molecule is NCCNC(=O)NCCc1nc(C(=O)O)cs1. The molecule has 17 heavy (non-hydrogen) atoms. The van der Waals surface area contributed by atoms with Crippen LogP contribution in [0.25, 0.3) is 0 Å². The number of nitrogens with two attached hydrogens (primary N) is 1. The largest absolute Gasteiger partial charge is 0.476 e. The molecule has 1 rings (SSSR count). The molecule has 94 valence electrons. The topological polar surface area (TPSA) is 117 Å². The van der Waals surface area contributed by atoms with E-state index in [-0.39, 0.29) is 11.7 Å². The highest BCUT2D eigenvalue weighted by molar-refractivity contribution is 7.09. The molecule has 5 N–H and O–H groups in total. The summed E-state index contributed by atoms with van der Waals surface area (Å²) in [6.07, 6.45) is 0.508. The molecular formula is C9H14N4O3S. The minimum absolute atomic E-state index is 0.0394. The zero-order valence-electron chi connectivity index (χ0n) is 9.10. The Balaban J connectivity index is 2.26. The first-order valence-corrected chi connectivity index (χ1v) is 5.91. The molecule has 0 atom stereocenters. The normalized spacial score (nSPS) is 9.94. The third kappa shape index (κ3) is 4.79. The first-order valence-electron chi connectivity index (χ1n) is 5.03. The average molecular weight is 258 g/mol. The second kappa shape index (κ2) is 6.81. The van der Waals surface area contributed by atoms with Crippen molar-refractivity contribution in [1.29, 1.82) is 0 Å². The number of hydrogen-bond donors (Lipinski definition) is 4. The monoisotopic (exact) mass is 258 g/mol. The van der Waals surface area contributed by atoms with Gasteiger partial charge in [-0.25, -0.2) is 14.6 Å². The van der Waals surface area contributed by atoms with Gasteiger partial charge in [-0.15, -0.1) is 11.3 Å². The van der Waals surface area contributed by atoms with Crippen LogP contribution in [0.15, 0.2) is 5.38 Å². The number of nitrogens with zero attached hydrogens (tertiary/aromatic N) is 1. The van der Waals surface area contributed by atoms with Crippen LogP contribution < -0.4 is 16.4 Å². The fourth-order valence-corrected chi connectivity index (χ4v) is 1.83. The lowest BCUT2D eigenvalue weighted by Crippen LogP contribution is -2.39. The molecule has 1 aromatic heterocycles. The number of rotatable bonds is 6. The summed E-state index contributed by atoms with van der Waals surface area (Å²) in [5, 5.41) is 16.0. The molecule has 0 saturated carbocycles. The quantitative estimate of drug-likeness (QED) is 0.556. The summed E-state index contributed by atoms with van der Waals surface area (Å²) < 4.78 is 0. The number of hydrogen-bond acceptors (Lipinski definition) is 5. The van der Waals surface area contributed by atoms with E-state index in [1.807, 2.05) is 0 Å². The molecule has 0 bridgehead atoms. The van der Waals surface area contributed by atoms with Crippen LogP contribution in [-0.4, -0.2) is 41.7 Å². The zero-order chi connectivity index (χ0) is 12.7. The summed E-state index contributed by atoms with van der Waals surface area (Å²) in [4.78, 5) is 25.6. The summed E-state index contributed by atoms with van der Waals surface area (Å²) in [6.45, 7) is 1.22. The molecule has 8 heteroatoms. The second-order valence-electron chi connectivity index (χ2n) is 3.15. The summed E-state index contributed by atoms with van der Waals surface area (Å²) in [6, 6.07) is -0.287. The van der Waals surface area contributed by atoms with Gasteiger partial charge in [0.05, 0.1) is 5.01 Å². The molecule has 0 unspecified atom stereocenters. The smallest absolute Gasteiger partial charge is 0.355 e. The van der Waals surface area contributed by atoms with Crippen molar-refractivity contribution >= 4 is 23.3 Å². The van der Waals surface area contributed by atoms with E-state index in [0.29, 0.717) is 31.1 Å². The lowest BCUT2D eigenvalue weighted by atomic mass is 10.4. The van der Waals surface area contributed by atoms with E-state index >= 15 is 0 Å². The van der Waals surface area contributed by atoms with Gasteiger partial charge in [-0.05, 0) is 0 Å². The van der Waals surface area contributed by atoms with Crippen LogP contribution in [0, 0.1) is 0 Å². The number of amides is 2. The Hall–Kier alpha value is -1.67. The predicted octanol–water partition coefficient (Wildman–Crippen LogP) is -0.358. The van der Waals surface area contributed by atoms with Crippen LogP contribution in [0.4, 0.5) is 4.79 Å². The minimum Gasteiger partial charge on any atom is -0.476 e. The molecule has 0 aliphatic rings. The molecule has 0 aliphatic carbocycles. The highest BCUT2D eigenvalue weighted by Gasteiger charge is 2.08. The first-order chi connectivity index (χ1) is 8.13. The Morgan fingerprint density at radius 3 is 2.71 bits per heavy atom. The van der Waals surface area contributed by atoms with Gasteiger partial charge < -0.3 is 21.5 Å². The molecule has 0 aliphatic heterocycles. The Labute approximate surface area is 102 Å². The van der Waals surface area contributed by atoms with E-state index < -0.39 is 5.97 Å². The molecular weight excluding hydrogens is 244 g/mol. The van der Waals surface area contributed by atoms with Crippen molar-refractivity contribution in [2.75, 3.05) is 19.6 Å². The maximum Gasteiger partial charge on any atom is 0.355 e. The fraction of sp³-hybridized carbons (Fsp3) is 0.444. The number of carboxylic acids is 1. The molecule has 7 nitrogen and oxygen atoms in total. The van der Waals surface area contributed by atoms with Crippen molar-refractivity contribution in [2.24, 2.45) is 5.73 Å². The van der Waals surface area contributed by atoms with Crippen molar-refractivity contribution in [3.63, 3.8) is 0 Å². The van der Waals surface area contributed by atoms with Crippen molar-refractivity contribution in [2.45, 2.75) is 6.42 Å². The lowest BCUT2D eigenvalue weighted by molar-refractivity contribution is 0.0691. The number of aromatic carboxylic acids is 1. The summed E-state index contributed by atoms with van der Waals surface area (Å²) in [5.74, 6) is -1.04. The third-order valence-electron chi connectivity index (χ3n) is 1.83. The molecule has 1 heterocycles. The van der Waals surface area contributed by atoms with Gasteiger partial charge in [0.15, 0.2) is 5.69 Å². The van der Waals surface area contributed by atoms with E-state index in [2.05, 4.69) is 15.6 Å². The van der Waals surface area contributed by atoms with Crippen molar-refractivity contribution in [1.82, 2.24) is 15.6 Å². The number of aromatic nitrogens is 1. The van der Waals surface area contributed by atoms with Crippen LogP contribution in [0.5, 0.6) is 0 Å². The summed E-state index contributed by atoms with van der Waals surface area (Å²) in [5.41, 5.74) is 5.26. The third-order valence-corrected chi connectivity index (χ3v) is 2.73. The maximum absolute atomic E-state index is 11.1. The van der Waals surface area contributed by atoms with Gasteiger partial charge in [-0.2, -0.15) is 0 Å². The maximum atomic E-state index is 11.1. The number of carbonyl (C=O) groups excluding carboxylic acids is 1. The highest BCUT2D eigenvalue weighted by atomic mass is 32.1. The zero-order valence-corrected chi connectivity index (χ0v) is 9.92. The summed E-state index contributed by atoms with van der Waals surface area (Å²) >= 11 is 1.26. The predicted molar refractivity (Wildman–Crippen MR) is 63.2 cm³/mol. The van der Waals surface area contributed by atoms with Crippen molar-refractivity contribution in [3.05, 3.63) is 16.1 Å². The van der Waals surface area contributed by atoms with E-state index in [4.69, 9.17) is 10.8 Å². The average Bonchev–Trinajstić information content (AvgIpc) is 2.75. The van der Waals surface area contributed by atoms with Gasteiger partial charge in [0, 0.05) is 31.4 Å². The molecule has 0 aromatic carbocycles. The van der Waals surface area contributed by atoms with E-state index in [9.17, 15) is 9.59 Å². The second-order valence-corrected chi connectivity index (χ2v) is 4.10. The van der Waals surface area contributed by atoms with Gasteiger partial charge >= 0.3 is 12.0 Å². The Morgan fingerprint density at radius 1 is 1.41 bits per heavy atom. The minimum atomic E-state index is -1.04. The van der Waals surface area contributed by atoms with E-state index in [1.54, 1.807) is 0 Å². The first kappa shape index (κ1) is 13.4. The highest BCUT2D eigenvalue weighted by Crippen LogP contribution is 2.09. The number of thiazole rings is 1. The van der Waals surface area contributed by atoms with Crippen LogP contribution >= 0.6 is 11.3 Å². The summed E-state index contributed by atoms with van der Waals surface area (Å²) in [7, 11) is 0. The van der Waals surface area contributed by atoms with Crippen LogP contribution in [0.1, 0.15) is 15.5 Å². The van der Waals surface area contributed by atoms with Crippen molar-refractivity contribution in [3.8, 4) is 0 Å². The Kier molecular flexibility index (Phi) is 5.37. The number of carbonyl (C=O) groups is 2. The van der Waals surface area contributed by atoms with E-state index in [1.165, 1.54) is 16.7 Å². The number of carboxylic acid groups (broad SMARTS) is 1. The lowest BCUT2D eigenvalue weighted by Gasteiger charge is -2.04. The Morgan fingerprint density at radius 2 is 2.12 bits per heavy atom. The Bertz CT molecular complexity index is 393. The van der Waals surface area contributed by atoms with Gasteiger partial charge in [-0.1, -0.05) is 0 Å². The van der Waals surface area contributed by atoms with E-state index in [0.717, 1.165) is 0 Å². The number of nitrogens with one attached hydrogen (secondary N) is 2.